The van der Waals surface area contributed by atoms with E-state index in [1.807, 2.05) is 30.3 Å². The van der Waals surface area contributed by atoms with Gasteiger partial charge >= 0.3 is 5.97 Å². The summed E-state index contributed by atoms with van der Waals surface area (Å²) in [5.74, 6) is -0.855. The predicted octanol–water partition coefficient (Wildman–Crippen LogP) is 2.76. The van der Waals surface area contributed by atoms with Crippen LogP contribution in [0.1, 0.15) is 23.1 Å². The number of fused-ring (bicyclic) bond motifs is 1. The van der Waals surface area contributed by atoms with E-state index in [2.05, 4.69) is 5.32 Å². The van der Waals surface area contributed by atoms with Crippen LogP contribution in [0.4, 0.5) is 5.69 Å². The van der Waals surface area contributed by atoms with Gasteiger partial charge in [0, 0.05) is 34.9 Å². The van der Waals surface area contributed by atoms with Crippen molar-refractivity contribution in [1.82, 2.24) is 0 Å². The fraction of sp³-hybridized carbons (Fsp3) is 0.300. The highest BCUT2D eigenvalue weighted by atomic mass is 32.2. The number of rotatable bonds is 6. The van der Waals surface area contributed by atoms with Crippen LogP contribution < -0.4 is 5.32 Å². The molecule has 1 amide bonds. The number of carbonyl (C=O) groups is 2. The van der Waals surface area contributed by atoms with Gasteiger partial charge in [-0.2, -0.15) is 0 Å². The molecule has 0 radical (unpaired) electrons. The molecule has 1 aliphatic carbocycles. The van der Waals surface area contributed by atoms with Crippen LogP contribution in [0.25, 0.3) is 0 Å². The summed E-state index contributed by atoms with van der Waals surface area (Å²) < 4.78 is 11.4. The molecular weight excluding hydrogens is 350 g/mol. The van der Waals surface area contributed by atoms with E-state index in [1.165, 1.54) is 0 Å². The molecule has 0 bridgehead atoms. The molecule has 5 nitrogen and oxygen atoms in total. The first-order valence-electron chi connectivity index (χ1n) is 8.37. The number of anilines is 1. The van der Waals surface area contributed by atoms with Gasteiger partial charge in [0.15, 0.2) is 0 Å². The van der Waals surface area contributed by atoms with Crippen LogP contribution in [0, 0.1) is 5.41 Å². The summed E-state index contributed by atoms with van der Waals surface area (Å²) in [4.78, 5) is 24.5. The van der Waals surface area contributed by atoms with Crippen molar-refractivity contribution in [2.45, 2.75) is 25.0 Å². The molecule has 0 heterocycles. The number of hydrogen-bond donors (Lipinski definition) is 2. The minimum atomic E-state index is -1.10. The summed E-state index contributed by atoms with van der Waals surface area (Å²) in [5.41, 5.74) is 2.35. The molecule has 1 aliphatic rings. The maximum Gasteiger partial charge on any atom is 0.310 e. The normalized spacial score (nSPS) is 15.9. The van der Waals surface area contributed by atoms with Gasteiger partial charge in [0.1, 0.15) is 0 Å². The Morgan fingerprint density at radius 1 is 1.12 bits per heavy atom. The van der Waals surface area contributed by atoms with Crippen molar-refractivity contribution in [3.8, 4) is 0 Å². The molecule has 26 heavy (non-hydrogen) atoms. The summed E-state index contributed by atoms with van der Waals surface area (Å²) in [7, 11) is -0.967. The van der Waals surface area contributed by atoms with Gasteiger partial charge in [0.2, 0.25) is 5.91 Å². The van der Waals surface area contributed by atoms with Gasteiger partial charge in [-0.05, 0) is 41.7 Å². The Labute approximate surface area is 154 Å². The van der Waals surface area contributed by atoms with Crippen LogP contribution in [0.5, 0.6) is 0 Å². The Hall–Kier alpha value is -2.47. The van der Waals surface area contributed by atoms with Crippen LogP contribution >= 0.6 is 0 Å². The summed E-state index contributed by atoms with van der Waals surface area (Å²) in [6.07, 6.45) is 2.27. The topological polar surface area (TPSA) is 83.5 Å². The second-order valence-corrected chi connectivity index (χ2v) is 8.29. The summed E-state index contributed by atoms with van der Waals surface area (Å²) in [6, 6.07) is 14.8. The quantitative estimate of drug-likeness (QED) is 0.818. The van der Waals surface area contributed by atoms with Crippen molar-refractivity contribution in [2.24, 2.45) is 5.41 Å². The largest absolute Gasteiger partial charge is 0.481 e. The lowest BCUT2D eigenvalue weighted by molar-refractivity contribution is -0.150. The Balaban J connectivity index is 1.73. The summed E-state index contributed by atoms with van der Waals surface area (Å²) >= 11 is 0. The summed E-state index contributed by atoms with van der Waals surface area (Å²) in [6.45, 7) is 0. The number of nitrogens with one attached hydrogen (secondary N) is 1. The van der Waals surface area contributed by atoms with Gasteiger partial charge in [-0.3, -0.25) is 13.8 Å². The van der Waals surface area contributed by atoms with E-state index in [0.29, 0.717) is 24.3 Å². The fourth-order valence-corrected chi connectivity index (χ4v) is 4.18. The zero-order valence-electron chi connectivity index (χ0n) is 14.5. The minimum absolute atomic E-state index is 0.0824. The van der Waals surface area contributed by atoms with Crippen molar-refractivity contribution in [3.05, 3.63) is 65.2 Å². The molecule has 0 aromatic heterocycles. The number of benzene rings is 2. The lowest BCUT2D eigenvalue weighted by Gasteiger charge is -2.23. The maximum absolute atomic E-state index is 12.5. The number of aliphatic carboxylic acids is 1. The molecule has 0 spiro atoms. The smallest absolute Gasteiger partial charge is 0.310 e. The van der Waals surface area contributed by atoms with Gasteiger partial charge in [-0.25, -0.2) is 0 Å². The second kappa shape index (κ2) is 7.41. The molecule has 0 saturated heterocycles. The van der Waals surface area contributed by atoms with Gasteiger partial charge in [-0.15, -0.1) is 0 Å². The molecule has 2 N–H and O–H groups in total. The Bertz CT molecular complexity index is 853. The number of carboxylic acids is 1. The van der Waals surface area contributed by atoms with Crippen LogP contribution in [-0.4, -0.2) is 27.4 Å². The number of carboxylic acid groups (broad SMARTS) is 1. The van der Waals surface area contributed by atoms with Crippen molar-refractivity contribution in [2.75, 3.05) is 11.6 Å². The van der Waals surface area contributed by atoms with Crippen LogP contribution in [0.3, 0.4) is 0 Å². The SMILES string of the molecule is C[S@](=O)Cc1cccc(NC(=O)CC2(C(=O)O)Cc3ccccc3C2)c1. The molecule has 6 heteroatoms. The highest BCUT2D eigenvalue weighted by molar-refractivity contribution is 7.83. The molecule has 2 aromatic rings. The van der Waals surface area contributed by atoms with Crippen molar-refractivity contribution < 1.29 is 18.9 Å². The molecular formula is C20H21NO4S. The van der Waals surface area contributed by atoms with Crippen LogP contribution in [0.2, 0.25) is 0 Å². The molecule has 2 aromatic carbocycles. The highest BCUT2D eigenvalue weighted by Crippen LogP contribution is 2.40. The summed E-state index contributed by atoms with van der Waals surface area (Å²) in [5, 5.41) is 12.6. The monoisotopic (exact) mass is 371 g/mol. The third kappa shape index (κ3) is 4.02. The predicted molar refractivity (Wildman–Crippen MR) is 101 cm³/mol. The van der Waals surface area contributed by atoms with Gasteiger partial charge in [-0.1, -0.05) is 36.4 Å². The molecule has 0 unspecified atom stereocenters. The first kappa shape index (κ1) is 18.3. The molecule has 0 fully saturated rings. The highest BCUT2D eigenvalue weighted by Gasteiger charge is 2.45. The van der Waals surface area contributed by atoms with Crippen molar-refractivity contribution in [1.29, 1.82) is 0 Å². The van der Waals surface area contributed by atoms with E-state index in [-0.39, 0.29) is 12.3 Å². The van der Waals surface area contributed by atoms with Crippen molar-refractivity contribution in [3.63, 3.8) is 0 Å². The average molecular weight is 371 g/mol. The third-order valence-corrected chi connectivity index (χ3v) is 5.45. The van der Waals surface area contributed by atoms with E-state index in [9.17, 15) is 18.9 Å². The third-order valence-electron chi connectivity index (χ3n) is 4.71. The Morgan fingerprint density at radius 3 is 2.35 bits per heavy atom. The van der Waals surface area contributed by atoms with E-state index < -0.39 is 22.2 Å². The molecule has 0 aliphatic heterocycles. The first-order valence-corrected chi connectivity index (χ1v) is 10.1. The van der Waals surface area contributed by atoms with Crippen molar-refractivity contribution >= 4 is 28.4 Å². The number of hydrogen-bond acceptors (Lipinski definition) is 3. The van der Waals surface area contributed by atoms with E-state index in [4.69, 9.17) is 0 Å². The zero-order chi connectivity index (χ0) is 18.7. The molecule has 136 valence electrons. The lowest BCUT2D eigenvalue weighted by Crippen LogP contribution is -2.36. The lowest BCUT2D eigenvalue weighted by atomic mass is 9.81. The van der Waals surface area contributed by atoms with Crippen LogP contribution in [-0.2, 0) is 39.0 Å². The Kier molecular flexibility index (Phi) is 5.23. The molecule has 3 rings (SSSR count). The number of amides is 1. The average Bonchev–Trinajstić information content (AvgIpc) is 2.93. The van der Waals surface area contributed by atoms with Gasteiger partial charge in [0.25, 0.3) is 0 Å². The molecule has 1 atom stereocenters. The maximum atomic E-state index is 12.5. The standard InChI is InChI=1S/C20H21NO4S/c1-26(25)13-14-5-4-8-17(9-14)21-18(22)12-20(19(23)24)10-15-6-2-3-7-16(15)11-20/h2-9H,10-13H2,1H3,(H,21,22)(H,23,24)/t26-/m0/s1. The van der Waals surface area contributed by atoms with Crippen LogP contribution in [0.15, 0.2) is 48.5 Å². The fourth-order valence-electron chi connectivity index (χ4n) is 3.53. The zero-order valence-corrected chi connectivity index (χ0v) is 15.3. The van der Waals surface area contributed by atoms with Gasteiger partial charge in [0.05, 0.1) is 5.41 Å². The first-order chi connectivity index (χ1) is 12.4. The Morgan fingerprint density at radius 2 is 1.77 bits per heavy atom. The second-order valence-electron chi connectivity index (χ2n) is 6.85. The van der Waals surface area contributed by atoms with E-state index in [1.54, 1.807) is 24.5 Å². The molecule has 0 saturated carbocycles. The van der Waals surface area contributed by atoms with Gasteiger partial charge < -0.3 is 10.4 Å². The minimum Gasteiger partial charge on any atom is -0.481 e. The van der Waals surface area contributed by atoms with E-state index >= 15 is 0 Å². The van der Waals surface area contributed by atoms with E-state index in [0.717, 1.165) is 16.7 Å². The number of carbonyl (C=O) groups excluding carboxylic acids is 1.